The lowest BCUT2D eigenvalue weighted by Gasteiger charge is -2.29. The van der Waals surface area contributed by atoms with E-state index >= 15 is 0 Å². The number of nitro groups is 1. The van der Waals surface area contributed by atoms with Crippen molar-refractivity contribution in [3.8, 4) is 0 Å². The van der Waals surface area contributed by atoms with Gasteiger partial charge in [0.05, 0.1) is 4.92 Å². The zero-order chi connectivity index (χ0) is 15.9. The number of nitrogens with one attached hydrogen (secondary N) is 2. The Bertz CT molecular complexity index is 697. The Morgan fingerprint density at radius 1 is 1.27 bits per heavy atom. The van der Waals surface area contributed by atoms with Gasteiger partial charge in [-0.1, -0.05) is 11.6 Å². The fourth-order valence-corrected chi connectivity index (χ4v) is 4.88. The van der Waals surface area contributed by atoms with Gasteiger partial charge in [-0.2, -0.15) is 0 Å². The van der Waals surface area contributed by atoms with Gasteiger partial charge in [-0.15, -0.1) is 0 Å². The number of nitro benzene ring substituents is 1. The van der Waals surface area contributed by atoms with E-state index in [1.54, 1.807) is 0 Å². The molecule has 120 valence electrons. The van der Waals surface area contributed by atoms with Crippen LogP contribution in [0.15, 0.2) is 23.1 Å². The normalized spacial score (nSPS) is 27.8. The molecule has 2 N–H and O–H groups in total. The second-order valence-electron chi connectivity index (χ2n) is 5.80. The molecular formula is C13H16ClN3O4S. The molecule has 0 saturated carbocycles. The van der Waals surface area contributed by atoms with Crippen molar-refractivity contribution in [3.63, 3.8) is 0 Å². The minimum Gasteiger partial charge on any atom is -0.311 e. The van der Waals surface area contributed by atoms with Crippen LogP contribution in [0, 0.1) is 10.1 Å². The maximum atomic E-state index is 12.5. The van der Waals surface area contributed by atoms with E-state index in [0.717, 1.165) is 18.9 Å². The summed E-state index contributed by atoms with van der Waals surface area (Å²) in [6.45, 7) is 0. The van der Waals surface area contributed by atoms with Crippen molar-refractivity contribution < 1.29 is 13.3 Å². The van der Waals surface area contributed by atoms with Crippen molar-refractivity contribution in [3.05, 3.63) is 33.3 Å². The molecule has 0 spiro atoms. The molecule has 2 atom stereocenters. The predicted molar refractivity (Wildman–Crippen MR) is 81.4 cm³/mol. The molecular weight excluding hydrogens is 330 g/mol. The van der Waals surface area contributed by atoms with Crippen LogP contribution < -0.4 is 10.0 Å². The SMILES string of the molecule is O=[N+]([O-])c1cc(Cl)ccc1S(=O)(=O)NC1CC2CCC(C1)N2. The standard InChI is InChI=1S/C13H16ClN3O4S/c14-8-1-4-13(12(5-8)17(18)19)22(20,21)16-11-6-9-2-3-10(7-11)15-9/h1,4-5,9-11,15-16H,2-3,6-7H2. The van der Waals surface area contributed by atoms with Crippen molar-refractivity contribution in [2.45, 2.75) is 48.7 Å². The Hall–Kier alpha value is -1.22. The van der Waals surface area contributed by atoms with Gasteiger partial charge in [0.1, 0.15) is 0 Å². The van der Waals surface area contributed by atoms with Gasteiger partial charge in [0.15, 0.2) is 4.90 Å². The lowest BCUT2D eigenvalue weighted by Crippen LogP contribution is -2.47. The molecule has 9 heteroatoms. The van der Waals surface area contributed by atoms with Crippen LogP contribution in [0.3, 0.4) is 0 Å². The van der Waals surface area contributed by atoms with Gasteiger partial charge in [-0.3, -0.25) is 10.1 Å². The molecule has 2 saturated heterocycles. The highest BCUT2D eigenvalue weighted by Gasteiger charge is 2.36. The van der Waals surface area contributed by atoms with Crippen LogP contribution in [-0.4, -0.2) is 31.5 Å². The number of hydrogen-bond donors (Lipinski definition) is 2. The first-order valence-corrected chi connectivity index (χ1v) is 8.93. The predicted octanol–water partition coefficient (Wildman–Crippen LogP) is 1.81. The number of halogens is 1. The Morgan fingerprint density at radius 3 is 2.50 bits per heavy atom. The number of sulfonamides is 1. The van der Waals surface area contributed by atoms with Crippen LogP contribution in [0.1, 0.15) is 25.7 Å². The lowest BCUT2D eigenvalue weighted by molar-refractivity contribution is -0.387. The Labute approximate surface area is 133 Å². The molecule has 3 rings (SSSR count). The number of rotatable bonds is 4. The van der Waals surface area contributed by atoms with Crippen LogP contribution in [0.2, 0.25) is 5.02 Å². The van der Waals surface area contributed by atoms with Crippen molar-refractivity contribution in [1.29, 1.82) is 0 Å². The molecule has 0 aliphatic carbocycles. The van der Waals surface area contributed by atoms with E-state index in [4.69, 9.17) is 11.6 Å². The first-order chi connectivity index (χ1) is 10.3. The third-order valence-corrected chi connectivity index (χ3v) is 6.01. The Kier molecular flexibility index (Phi) is 4.11. The van der Waals surface area contributed by atoms with Gasteiger partial charge < -0.3 is 5.32 Å². The molecule has 0 amide bonds. The summed E-state index contributed by atoms with van der Waals surface area (Å²) in [6.07, 6.45) is 3.50. The van der Waals surface area contributed by atoms with Crippen LogP contribution >= 0.6 is 11.6 Å². The van der Waals surface area contributed by atoms with Crippen LogP contribution in [0.25, 0.3) is 0 Å². The largest absolute Gasteiger partial charge is 0.311 e. The van der Waals surface area contributed by atoms with Crippen LogP contribution in [0.5, 0.6) is 0 Å². The zero-order valence-electron chi connectivity index (χ0n) is 11.7. The van der Waals surface area contributed by atoms with E-state index in [9.17, 15) is 18.5 Å². The summed E-state index contributed by atoms with van der Waals surface area (Å²) < 4.78 is 27.6. The van der Waals surface area contributed by atoms with E-state index in [1.165, 1.54) is 12.1 Å². The molecule has 1 aromatic carbocycles. The molecule has 22 heavy (non-hydrogen) atoms. The highest BCUT2D eigenvalue weighted by molar-refractivity contribution is 7.89. The summed E-state index contributed by atoms with van der Waals surface area (Å²) in [5.74, 6) is 0. The van der Waals surface area contributed by atoms with Crippen molar-refractivity contribution in [2.75, 3.05) is 0 Å². The molecule has 0 radical (unpaired) electrons. The highest BCUT2D eigenvalue weighted by Crippen LogP contribution is 2.30. The second kappa shape index (κ2) is 5.77. The first kappa shape index (κ1) is 15.7. The molecule has 2 bridgehead atoms. The topological polar surface area (TPSA) is 101 Å². The summed E-state index contributed by atoms with van der Waals surface area (Å²) in [5, 5.41) is 14.6. The highest BCUT2D eigenvalue weighted by atomic mass is 35.5. The lowest BCUT2D eigenvalue weighted by atomic mass is 10.0. The smallest absolute Gasteiger partial charge is 0.290 e. The second-order valence-corrected chi connectivity index (χ2v) is 7.92. The Morgan fingerprint density at radius 2 is 1.91 bits per heavy atom. The van der Waals surface area contributed by atoms with Crippen LogP contribution in [-0.2, 0) is 10.0 Å². The molecule has 7 nitrogen and oxygen atoms in total. The summed E-state index contributed by atoms with van der Waals surface area (Å²) in [6, 6.07) is 4.04. The number of benzene rings is 1. The molecule has 2 aliphatic heterocycles. The fraction of sp³-hybridized carbons (Fsp3) is 0.538. The minimum absolute atomic E-state index is 0.130. The van der Waals surface area contributed by atoms with Gasteiger partial charge >= 0.3 is 0 Å². The van der Waals surface area contributed by atoms with Crippen molar-refractivity contribution >= 4 is 27.3 Å². The molecule has 2 heterocycles. The van der Waals surface area contributed by atoms with E-state index in [2.05, 4.69) is 10.0 Å². The summed E-state index contributed by atoms with van der Waals surface area (Å²) >= 11 is 5.72. The van der Waals surface area contributed by atoms with Gasteiger partial charge in [0.25, 0.3) is 5.69 Å². The number of fused-ring (bicyclic) bond motifs is 2. The van der Waals surface area contributed by atoms with E-state index in [-0.39, 0.29) is 16.0 Å². The summed E-state index contributed by atoms with van der Waals surface area (Å²) in [5.41, 5.74) is -0.503. The quantitative estimate of drug-likeness (QED) is 0.640. The average molecular weight is 346 g/mol. The summed E-state index contributed by atoms with van der Waals surface area (Å²) in [7, 11) is -3.95. The van der Waals surface area contributed by atoms with E-state index in [0.29, 0.717) is 24.9 Å². The third kappa shape index (κ3) is 3.10. The third-order valence-electron chi connectivity index (χ3n) is 4.20. The maximum Gasteiger partial charge on any atom is 0.290 e. The monoisotopic (exact) mass is 345 g/mol. The van der Waals surface area contributed by atoms with Gasteiger partial charge in [-0.05, 0) is 37.8 Å². The van der Waals surface area contributed by atoms with Gasteiger partial charge in [0, 0.05) is 29.2 Å². The number of nitrogens with zero attached hydrogens (tertiary/aromatic N) is 1. The van der Waals surface area contributed by atoms with Crippen molar-refractivity contribution in [1.82, 2.24) is 10.0 Å². The number of piperidine rings is 1. The first-order valence-electron chi connectivity index (χ1n) is 7.07. The van der Waals surface area contributed by atoms with Crippen LogP contribution in [0.4, 0.5) is 5.69 Å². The summed E-state index contributed by atoms with van der Waals surface area (Å²) in [4.78, 5) is 10.0. The number of hydrogen-bond acceptors (Lipinski definition) is 5. The zero-order valence-corrected chi connectivity index (χ0v) is 13.2. The molecule has 1 aromatic rings. The molecule has 2 aliphatic rings. The molecule has 2 unspecified atom stereocenters. The molecule has 2 fully saturated rings. The fourth-order valence-electron chi connectivity index (χ4n) is 3.30. The maximum absolute atomic E-state index is 12.5. The van der Waals surface area contributed by atoms with E-state index in [1.807, 2.05) is 0 Å². The Balaban J connectivity index is 1.85. The average Bonchev–Trinajstić information content (AvgIpc) is 2.77. The van der Waals surface area contributed by atoms with Crippen molar-refractivity contribution in [2.24, 2.45) is 0 Å². The van der Waals surface area contributed by atoms with Gasteiger partial charge in [0.2, 0.25) is 10.0 Å². The molecule has 0 aromatic heterocycles. The minimum atomic E-state index is -3.95. The van der Waals surface area contributed by atoms with E-state index < -0.39 is 20.6 Å². The van der Waals surface area contributed by atoms with Gasteiger partial charge in [-0.25, -0.2) is 13.1 Å².